The Morgan fingerprint density at radius 3 is 2.75 bits per heavy atom. The summed E-state index contributed by atoms with van der Waals surface area (Å²) in [6.07, 6.45) is 2.20. The molecule has 1 aliphatic rings. The maximum absolute atomic E-state index is 14.2. The van der Waals surface area contributed by atoms with Gasteiger partial charge in [0, 0.05) is 23.7 Å². The largest absolute Gasteiger partial charge is 0.354 e. The fourth-order valence-corrected chi connectivity index (χ4v) is 3.81. The smallest absolute Gasteiger partial charge is 0.325 e. The molecule has 1 fully saturated rings. The molecule has 2 N–H and O–H groups in total. The highest BCUT2D eigenvalue weighted by Crippen LogP contribution is 2.31. The average Bonchev–Trinajstić information content (AvgIpc) is 2.99. The topological polar surface area (TPSA) is 91.4 Å². The number of carbonyl (C=O) groups is 3. The van der Waals surface area contributed by atoms with Gasteiger partial charge in [0.2, 0.25) is 5.91 Å². The van der Waals surface area contributed by atoms with Crippen LogP contribution in [0.25, 0.3) is 10.9 Å². The zero-order valence-electron chi connectivity index (χ0n) is 17.2. The van der Waals surface area contributed by atoms with Crippen LogP contribution < -0.4 is 10.6 Å². The third-order valence-electron chi connectivity index (χ3n) is 5.48. The Hall–Kier alpha value is -3.88. The Morgan fingerprint density at radius 1 is 1.16 bits per heavy atom. The predicted octanol–water partition coefficient (Wildman–Crippen LogP) is 2.64. The summed E-state index contributed by atoms with van der Waals surface area (Å²) in [7, 11) is 0. The first kappa shape index (κ1) is 21.4. The molecule has 1 atom stereocenters. The van der Waals surface area contributed by atoms with Crippen molar-refractivity contribution in [1.29, 1.82) is 0 Å². The molecule has 1 aromatic heterocycles. The third-order valence-corrected chi connectivity index (χ3v) is 5.48. The molecular formula is C23H20F2N4O3. The van der Waals surface area contributed by atoms with Crippen LogP contribution in [0.5, 0.6) is 0 Å². The van der Waals surface area contributed by atoms with E-state index in [0.717, 1.165) is 34.7 Å². The number of nitrogens with one attached hydrogen (secondary N) is 2. The van der Waals surface area contributed by atoms with Gasteiger partial charge in [0.05, 0.1) is 5.52 Å². The van der Waals surface area contributed by atoms with Gasteiger partial charge in [-0.1, -0.05) is 24.3 Å². The zero-order chi connectivity index (χ0) is 22.9. The summed E-state index contributed by atoms with van der Waals surface area (Å²) in [6, 6.07) is 11.4. The molecule has 0 radical (unpaired) electrons. The highest BCUT2D eigenvalue weighted by Gasteiger charge is 2.50. The van der Waals surface area contributed by atoms with Gasteiger partial charge in [0.1, 0.15) is 23.7 Å². The van der Waals surface area contributed by atoms with E-state index in [1.54, 1.807) is 6.20 Å². The molecule has 2 heterocycles. The van der Waals surface area contributed by atoms with Crippen molar-refractivity contribution in [2.45, 2.75) is 18.9 Å². The summed E-state index contributed by atoms with van der Waals surface area (Å²) < 4.78 is 27.8. The second kappa shape index (κ2) is 8.33. The molecule has 0 aliphatic carbocycles. The molecule has 4 amide bonds. The number of benzene rings is 2. The number of imide groups is 1. The van der Waals surface area contributed by atoms with E-state index in [1.165, 1.54) is 6.92 Å². The molecule has 1 saturated heterocycles. The van der Waals surface area contributed by atoms with Gasteiger partial charge >= 0.3 is 6.03 Å². The molecule has 164 valence electrons. The number of nitrogens with zero attached hydrogens (tertiary/aromatic N) is 2. The summed E-state index contributed by atoms with van der Waals surface area (Å²) in [4.78, 5) is 42.6. The Bertz CT molecular complexity index is 1230. The van der Waals surface area contributed by atoms with E-state index in [1.807, 2.05) is 30.3 Å². The van der Waals surface area contributed by atoms with Crippen LogP contribution in [0.1, 0.15) is 18.1 Å². The molecule has 0 bridgehead atoms. The lowest BCUT2D eigenvalue weighted by atomic mass is 9.91. The van der Waals surface area contributed by atoms with Crippen molar-refractivity contribution in [3.8, 4) is 0 Å². The second-order valence-electron chi connectivity index (χ2n) is 7.66. The van der Waals surface area contributed by atoms with Gasteiger partial charge in [-0.15, -0.1) is 0 Å². The van der Waals surface area contributed by atoms with Crippen molar-refractivity contribution in [1.82, 2.24) is 20.5 Å². The Balaban J connectivity index is 1.40. The monoisotopic (exact) mass is 438 g/mol. The lowest BCUT2D eigenvalue weighted by molar-refractivity contribution is -0.134. The van der Waals surface area contributed by atoms with Gasteiger partial charge in [-0.3, -0.25) is 19.5 Å². The number of urea groups is 1. The van der Waals surface area contributed by atoms with E-state index in [9.17, 15) is 23.2 Å². The highest BCUT2D eigenvalue weighted by atomic mass is 19.1. The molecule has 4 rings (SSSR count). The molecule has 1 aliphatic heterocycles. The Labute approximate surface area is 182 Å². The summed E-state index contributed by atoms with van der Waals surface area (Å²) in [6.45, 7) is 1.01. The van der Waals surface area contributed by atoms with E-state index >= 15 is 0 Å². The van der Waals surface area contributed by atoms with E-state index in [0.29, 0.717) is 11.3 Å². The van der Waals surface area contributed by atoms with Crippen LogP contribution in [-0.4, -0.2) is 40.8 Å². The number of pyridine rings is 1. The van der Waals surface area contributed by atoms with Crippen LogP contribution in [0.4, 0.5) is 13.6 Å². The summed E-state index contributed by atoms with van der Waals surface area (Å²) >= 11 is 0. The van der Waals surface area contributed by atoms with Gasteiger partial charge in [0.15, 0.2) is 0 Å². The number of carbonyl (C=O) groups excluding carboxylic acids is 3. The van der Waals surface area contributed by atoms with Gasteiger partial charge in [-0.2, -0.15) is 0 Å². The molecule has 9 heteroatoms. The summed E-state index contributed by atoms with van der Waals surface area (Å²) in [5, 5.41) is 6.03. The number of hydrogen-bond acceptors (Lipinski definition) is 4. The molecule has 1 unspecified atom stereocenters. The number of aromatic nitrogens is 1. The fourth-order valence-electron chi connectivity index (χ4n) is 3.81. The lowest BCUT2D eigenvalue weighted by Crippen LogP contribution is -2.44. The molecule has 0 saturated carbocycles. The normalized spacial score (nSPS) is 18.2. The van der Waals surface area contributed by atoms with Crippen LogP contribution >= 0.6 is 0 Å². The molecule has 3 aromatic rings. The van der Waals surface area contributed by atoms with Crippen molar-refractivity contribution in [3.05, 3.63) is 77.5 Å². The minimum atomic E-state index is -1.81. The minimum absolute atomic E-state index is 0.272. The summed E-state index contributed by atoms with van der Waals surface area (Å²) in [5.74, 6) is -2.97. The van der Waals surface area contributed by atoms with Gasteiger partial charge in [-0.05, 0) is 43.2 Å². The van der Waals surface area contributed by atoms with Crippen LogP contribution in [0, 0.1) is 11.6 Å². The first-order chi connectivity index (χ1) is 15.3. The van der Waals surface area contributed by atoms with Crippen molar-refractivity contribution < 1.29 is 23.2 Å². The molecule has 7 nitrogen and oxygen atoms in total. The SMILES string of the molecule is CC1(c2cc(F)ccc2F)NC(=O)N(CC(=O)NCCc2cccc3cccnc23)C1=O. The fraction of sp³-hybridized carbons (Fsp3) is 0.217. The van der Waals surface area contributed by atoms with Crippen molar-refractivity contribution in [2.24, 2.45) is 0 Å². The number of rotatable bonds is 6. The Morgan fingerprint density at radius 2 is 1.94 bits per heavy atom. The maximum Gasteiger partial charge on any atom is 0.325 e. The standard InChI is InChI=1S/C23H20F2N4O3/c1-23(17-12-16(24)7-8-18(17)25)21(31)29(22(32)28-23)13-19(30)26-11-9-15-5-2-4-14-6-3-10-27-20(14)15/h2-8,10,12H,9,11,13H2,1H3,(H,26,30)(H,28,32). The molecular weight excluding hydrogens is 418 g/mol. The summed E-state index contributed by atoms with van der Waals surface area (Å²) in [5.41, 5.74) is -0.320. The number of amides is 4. The first-order valence-corrected chi connectivity index (χ1v) is 9.98. The van der Waals surface area contributed by atoms with E-state index in [-0.39, 0.29) is 12.1 Å². The third kappa shape index (κ3) is 3.89. The molecule has 0 spiro atoms. The van der Waals surface area contributed by atoms with E-state index < -0.39 is 41.6 Å². The van der Waals surface area contributed by atoms with Gasteiger partial charge in [0.25, 0.3) is 5.91 Å². The van der Waals surface area contributed by atoms with Crippen LogP contribution in [0.15, 0.2) is 54.7 Å². The van der Waals surface area contributed by atoms with E-state index in [4.69, 9.17) is 0 Å². The number of halogens is 2. The van der Waals surface area contributed by atoms with Crippen LogP contribution in [0.2, 0.25) is 0 Å². The van der Waals surface area contributed by atoms with Crippen molar-refractivity contribution in [2.75, 3.05) is 13.1 Å². The predicted molar refractivity (Wildman–Crippen MR) is 112 cm³/mol. The zero-order valence-corrected chi connectivity index (χ0v) is 17.2. The van der Waals surface area contributed by atoms with Crippen molar-refractivity contribution in [3.63, 3.8) is 0 Å². The lowest BCUT2D eigenvalue weighted by Gasteiger charge is -2.22. The van der Waals surface area contributed by atoms with Crippen LogP contribution in [-0.2, 0) is 21.5 Å². The quantitative estimate of drug-likeness (QED) is 0.579. The second-order valence-corrected chi connectivity index (χ2v) is 7.66. The maximum atomic E-state index is 14.2. The van der Waals surface area contributed by atoms with Gasteiger partial charge in [-0.25, -0.2) is 13.6 Å². The minimum Gasteiger partial charge on any atom is -0.354 e. The van der Waals surface area contributed by atoms with Crippen LogP contribution in [0.3, 0.4) is 0 Å². The number of para-hydroxylation sites is 1. The first-order valence-electron chi connectivity index (χ1n) is 9.98. The Kier molecular flexibility index (Phi) is 5.56. The average molecular weight is 438 g/mol. The van der Waals surface area contributed by atoms with E-state index in [2.05, 4.69) is 15.6 Å². The number of hydrogen-bond donors (Lipinski definition) is 2. The molecule has 2 aromatic carbocycles. The van der Waals surface area contributed by atoms with Gasteiger partial charge < -0.3 is 10.6 Å². The highest BCUT2D eigenvalue weighted by molar-refractivity contribution is 6.09. The molecule has 32 heavy (non-hydrogen) atoms. The number of fused-ring (bicyclic) bond motifs is 1. The van der Waals surface area contributed by atoms with Crippen molar-refractivity contribution >= 4 is 28.7 Å².